The molecular formula is C16H23NO. The van der Waals surface area contributed by atoms with Crippen LogP contribution in [0.2, 0.25) is 0 Å². The van der Waals surface area contributed by atoms with E-state index in [1.165, 1.54) is 30.5 Å². The number of hydrogen-bond acceptors (Lipinski definition) is 2. The maximum Gasteiger partial charge on any atom is 0.0653 e. The first kappa shape index (κ1) is 12.2. The fraction of sp³-hybridized carbons (Fsp3) is 0.625. The highest BCUT2D eigenvalue weighted by atomic mass is 16.3. The second-order valence-corrected chi connectivity index (χ2v) is 6.04. The zero-order valence-corrected chi connectivity index (χ0v) is 11.0. The number of rotatable bonds is 5. The van der Waals surface area contributed by atoms with Gasteiger partial charge in [-0.05, 0) is 62.6 Å². The minimum Gasteiger partial charge on any atom is -0.390 e. The fourth-order valence-electron chi connectivity index (χ4n) is 2.83. The Morgan fingerprint density at radius 1 is 1.17 bits per heavy atom. The molecule has 0 radical (unpaired) electrons. The van der Waals surface area contributed by atoms with Crippen molar-refractivity contribution in [3.8, 4) is 0 Å². The van der Waals surface area contributed by atoms with Gasteiger partial charge in [0.15, 0.2) is 0 Å². The van der Waals surface area contributed by atoms with E-state index in [-0.39, 0.29) is 5.60 Å². The van der Waals surface area contributed by atoms with E-state index in [9.17, 15) is 5.11 Å². The maximum absolute atomic E-state index is 9.83. The summed E-state index contributed by atoms with van der Waals surface area (Å²) in [6.07, 6.45) is 7.73. The normalized spacial score (nSPS) is 25.3. The van der Waals surface area contributed by atoms with Crippen molar-refractivity contribution in [2.45, 2.75) is 56.6 Å². The average Bonchev–Trinajstić information content (AvgIpc) is 2.90. The number of aliphatic hydroxyl groups is 1. The summed E-state index contributed by atoms with van der Waals surface area (Å²) in [6, 6.07) is 9.66. The molecule has 1 aliphatic heterocycles. The Balaban J connectivity index is 1.51. The zero-order chi connectivity index (χ0) is 12.4. The SMILES string of the molecule is OC1(CCc2ccc(CC3CCCN3)cc2)CC1. The number of benzene rings is 1. The van der Waals surface area contributed by atoms with Crippen LogP contribution in [0, 0.1) is 0 Å². The highest BCUT2D eigenvalue weighted by molar-refractivity contribution is 5.24. The van der Waals surface area contributed by atoms with Crippen LogP contribution in [-0.2, 0) is 12.8 Å². The van der Waals surface area contributed by atoms with Crippen LogP contribution in [0.1, 0.15) is 43.2 Å². The molecule has 98 valence electrons. The summed E-state index contributed by atoms with van der Waals surface area (Å²) >= 11 is 0. The van der Waals surface area contributed by atoms with Crippen LogP contribution in [0.3, 0.4) is 0 Å². The lowest BCUT2D eigenvalue weighted by atomic mass is 10.0. The molecule has 1 atom stereocenters. The first-order chi connectivity index (χ1) is 8.73. The average molecular weight is 245 g/mol. The van der Waals surface area contributed by atoms with Crippen molar-refractivity contribution < 1.29 is 5.11 Å². The van der Waals surface area contributed by atoms with Crippen molar-refractivity contribution in [3.05, 3.63) is 35.4 Å². The number of nitrogens with one attached hydrogen (secondary N) is 1. The molecule has 0 spiro atoms. The summed E-state index contributed by atoms with van der Waals surface area (Å²) in [5, 5.41) is 13.4. The van der Waals surface area contributed by atoms with Crippen molar-refractivity contribution in [1.82, 2.24) is 5.32 Å². The van der Waals surface area contributed by atoms with Gasteiger partial charge in [-0.3, -0.25) is 0 Å². The topological polar surface area (TPSA) is 32.3 Å². The van der Waals surface area contributed by atoms with Crippen LogP contribution in [-0.4, -0.2) is 23.3 Å². The standard InChI is InChI=1S/C16H23NO/c18-16(9-10-16)8-7-13-3-5-14(6-4-13)12-15-2-1-11-17-15/h3-6,15,17-18H,1-2,7-12H2. The smallest absolute Gasteiger partial charge is 0.0653 e. The molecule has 0 bridgehead atoms. The van der Waals surface area contributed by atoms with Gasteiger partial charge in [-0.2, -0.15) is 0 Å². The van der Waals surface area contributed by atoms with Gasteiger partial charge in [-0.15, -0.1) is 0 Å². The molecule has 2 nitrogen and oxygen atoms in total. The summed E-state index contributed by atoms with van der Waals surface area (Å²) < 4.78 is 0. The van der Waals surface area contributed by atoms with Crippen LogP contribution in [0.25, 0.3) is 0 Å². The Bertz CT molecular complexity index is 388. The Hall–Kier alpha value is -0.860. The Morgan fingerprint density at radius 2 is 1.89 bits per heavy atom. The van der Waals surface area contributed by atoms with Crippen molar-refractivity contribution in [1.29, 1.82) is 0 Å². The van der Waals surface area contributed by atoms with Crippen LogP contribution >= 0.6 is 0 Å². The van der Waals surface area contributed by atoms with Gasteiger partial charge in [-0.25, -0.2) is 0 Å². The van der Waals surface area contributed by atoms with Gasteiger partial charge in [0.05, 0.1) is 5.60 Å². The molecule has 2 fully saturated rings. The molecule has 2 aliphatic rings. The van der Waals surface area contributed by atoms with Crippen molar-refractivity contribution in [3.63, 3.8) is 0 Å². The Labute approximate surface area is 109 Å². The highest BCUT2D eigenvalue weighted by Crippen LogP contribution is 2.39. The molecule has 2 N–H and O–H groups in total. The summed E-state index contributed by atoms with van der Waals surface area (Å²) in [4.78, 5) is 0. The minimum absolute atomic E-state index is 0.313. The molecule has 1 heterocycles. The van der Waals surface area contributed by atoms with E-state index in [4.69, 9.17) is 0 Å². The van der Waals surface area contributed by atoms with E-state index in [1.54, 1.807) is 0 Å². The maximum atomic E-state index is 9.83. The summed E-state index contributed by atoms with van der Waals surface area (Å²) in [7, 11) is 0. The molecule has 2 heteroatoms. The third-order valence-corrected chi connectivity index (χ3v) is 4.37. The molecule has 1 unspecified atom stereocenters. The molecule has 18 heavy (non-hydrogen) atoms. The molecule has 1 aromatic carbocycles. The van der Waals surface area contributed by atoms with Gasteiger partial charge in [0.2, 0.25) is 0 Å². The van der Waals surface area contributed by atoms with Crippen molar-refractivity contribution in [2.24, 2.45) is 0 Å². The zero-order valence-electron chi connectivity index (χ0n) is 11.0. The lowest BCUT2D eigenvalue weighted by molar-refractivity contribution is 0.140. The van der Waals surface area contributed by atoms with E-state index in [1.807, 2.05) is 0 Å². The monoisotopic (exact) mass is 245 g/mol. The number of hydrogen-bond donors (Lipinski definition) is 2. The molecule has 1 saturated heterocycles. The molecule has 0 aromatic heterocycles. The van der Waals surface area contributed by atoms with E-state index in [2.05, 4.69) is 29.6 Å². The lowest BCUT2D eigenvalue weighted by Crippen LogP contribution is -2.23. The van der Waals surface area contributed by atoms with Crippen LogP contribution < -0.4 is 5.32 Å². The van der Waals surface area contributed by atoms with Gasteiger partial charge in [0.1, 0.15) is 0 Å². The molecule has 1 saturated carbocycles. The van der Waals surface area contributed by atoms with E-state index in [0.29, 0.717) is 6.04 Å². The second kappa shape index (κ2) is 5.02. The highest BCUT2D eigenvalue weighted by Gasteiger charge is 2.39. The van der Waals surface area contributed by atoms with E-state index < -0.39 is 0 Å². The van der Waals surface area contributed by atoms with Crippen molar-refractivity contribution >= 4 is 0 Å². The first-order valence-electron chi connectivity index (χ1n) is 7.27. The molecule has 1 aliphatic carbocycles. The molecule has 3 rings (SSSR count). The lowest BCUT2D eigenvalue weighted by Gasteiger charge is -2.11. The summed E-state index contributed by atoms with van der Waals surface area (Å²) in [6.45, 7) is 1.18. The predicted molar refractivity (Wildman–Crippen MR) is 73.7 cm³/mol. The van der Waals surface area contributed by atoms with E-state index in [0.717, 1.165) is 32.1 Å². The van der Waals surface area contributed by atoms with Gasteiger partial charge < -0.3 is 10.4 Å². The second-order valence-electron chi connectivity index (χ2n) is 6.04. The quantitative estimate of drug-likeness (QED) is 0.835. The summed E-state index contributed by atoms with van der Waals surface area (Å²) in [5.41, 5.74) is 2.48. The van der Waals surface area contributed by atoms with Crippen molar-refractivity contribution in [2.75, 3.05) is 6.54 Å². The van der Waals surface area contributed by atoms with Gasteiger partial charge in [0.25, 0.3) is 0 Å². The third kappa shape index (κ3) is 3.12. The Kier molecular flexibility index (Phi) is 3.40. The van der Waals surface area contributed by atoms with E-state index >= 15 is 0 Å². The van der Waals surface area contributed by atoms with Gasteiger partial charge in [-0.1, -0.05) is 24.3 Å². The summed E-state index contributed by atoms with van der Waals surface area (Å²) in [5.74, 6) is 0. The molecule has 1 aromatic rings. The Morgan fingerprint density at radius 3 is 2.50 bits per heavy atom. The molecule has 0 amide bonds. The van der Waals surface area contributed by atoms with Gasteiger partial charge in [0, 0.05) is 6.04 Å². The van der Waals surface area contributed by atoms with Gasteiger partial charge >= 0.3 is 0 Å². The predicted octanol–water partition coefficient (Wildman–Crippen LogP) is 2.44. The first-order valence-corrected chi connectivity index (χ1v) is 7.27. The van der Waals surface area contributed by atoms with Crippen LogP contribution in [0.5, 0.6) is 0 Å². The minimum atomic E-state index is -0.313. The van der Waals surface area contributed by atoms with Crippen LogP contribution in [0.15, 0.2) is 24.3 Å². The fourth-order valence-corrected chi connectivity index (χ4v) is 2.83. The third-order valence-electron chi connectivity index (χ3n) is 4.37. The van der Waals surface area contributed by atoms with Crippen LogP contribution in [0.4, 0.5) is 0 Å². The molecular weight excluding hydrogens is 222 g/mol. The largest absolute Gasteiger partial charge is 0.390 e. The number of aryl methyl sites for hydroxylation is 1.